The molecule has 0 spiro atoms. The quantitative estimate of drug-likeness (QED) is 0.745. The highest BCUT2D eigenvalue weighted by Gasteiger charge is 2.44. The monoisotopic (exact) mass is 380 g/mol. The summed E-state index contributed by atoms with van der Waals surface area (Å²) in [4.78, 5) is 31.2. The second-order valence-electron chi connectivity index (χ2n) is 7.84. The first kappa shape index (κ1) is 18.0. The average Bonchev–Trinajstić information content (AvgIpc) is 3.20. The number of likely N-dealkylation sites (tertiary alicyclic amines) is 1. The normalized spacial score (nSPS) is 23.5. The lowest BCUT2D eigenvalue weighted by Crippen LogP contribution is -2.42. The number of piperidine rings is 1. The molecule has 0 saturated carbocycles. The number of hydrogen-bond donors (Lipinski definition) is 0. The molecule has 4 nitrogen and oxygen atoms in total. The van der Waals surface area contributed by atoms with Gasteiger partial charge in [-0.05, 0) is 54.3 Å². The van der Waals surface area contributed by atoms with Gasteiger partial charge in [0.2, 0.25) is 0 Å². The van der Waals surface area contributed by atoms with Crippen molar-refractivity contribution in [3.8, 4) is 0 Å². The summed E-state index contributed by atoms with van der Waals surface area (Å²) in [6.45, 7) is 8.03. The van der Waals surface area contributed by atoms with Crippen molar-refractivity contribution in [2.75, 3.05) is 18.0 Å². The van der Waals surface area contributed by atoms with Gasteiger partial charge in [-0.2, -0.15) is 0 Å². The van der Waals surface area contributed by atoms with Gasteiger partial charge in [0.15, 0.2) is 0 Å². The molecule has 1 aromatic carbocycles. The predicted octanol–water partition coefficient (Wildman–Crippen LogP) is 4.32. The Morgan fingerprint density at radius 2 is 1.74 bits per heavy atom. The fourth-order valence-corrected chi connectivity index (χ4v) is 5.06. The van der Waals surface area contributed by atoms with Crippen LogP contribution in [0.2, 0.25) is 0 Å². The first-order valence-electron chi connectivity index (χ1n) is 9.44. The zero-order valence-corrected chi connectivity index (χ0v) is 16.8. The van der Waals surface area contributed by atoms with E-state index in [-0.39, 0.29) is 11.8 Å². The third kappa shape index (κ3) is 3.21. The van der Waals surface area contributed by atoms with Crippen LogP contribution in [0.15, 0.2) is 47.5 Å². The first-order chi connectivity index (χ1) is 13.0. The van der Waals surface area contributed by atoms with Gasteiger partial charge in [0.25, 0.3) is 11.8 Å². The van der Waals surface area contributed by atoms with Crippen molar-refractivity contribution in [2.24, 2.45) is 11.8 Å². The van der Waals surface area contributed by atoms with Gasteiger partial charge in [0, 0.05) is 18.0 Å². The number of amides is 2. The Morgan fingerprint density at radius 1 is 1.00 bits per heavy atom. The summed E-state index contributed by atoms with van der Waals surface area (Å²) in [7, 11) is 0. The molecule has 0 aliphatic carbocycles. The Balaban J connectivity index is 1.81. The summed E-state index contributed by atoms with van der Waals surface area (Å²) < 4.78 is 0. The van der Waals surface area contributed by atoms with Crippen LogP contribution < -0.4 is 4.90 Å². The van der Waals surface area contributed by atoms with E-state index >= 15 is 0 Å². The van der Waals surface area contributed by atoms with Crippen molar-refractivity contribution in [2.45, 2.75) is 27.2 Å². The van der Waals surface area contributed by atoms with E-state index in [1.54, 1.807) is 0 Å². The van der Waals surface area contributed by atoms with E-state index in [0.717, 1.165) is 30.0 Å². The van der Waals surface area contributed by atoms with E-state index in [1.165, 1.54) is 16.2 Å². The Morgan fingerprint density at radius 3 is 2.37 bits per heavy atom. The molecule has 0 N–H and O–H groups in total. The van der Waals surface area contributed by atoms with Crippen LogP contribution in [0.5, 0.6) is 0 Å². The number of carbonyl (C=O) groups is 2. The zero-order valence-electron chi connectivity index (χ0n) is 15.9. The maximum atomic E-state index is 13.5. The summed E-state index contributed by atoms with van der Waals surface area (Å²) in [5.74, 6) is 0.591. The minimum absolute atomic E-state index is 0.199. The van der Waals surface area contributed by atoms with Gasteiger partial charge in [0.1, 0.15) is 5.70 Å². The number of benzene rings is 1. The molecule has 140 valence electrons. The molecule has 2 aliphatic heterocycles. The smallest absolute Gasteiger partial charge is 0.282 e. The first-order valence-corrected chi connectivity index (χ1v) is 10.3. The van der Waals surface area contributed by atoms with Gasteiger partial charge in [-0.25, -0.2) is 4.90 Å². The molecule has 2 atom stereocenters. The van der Waals surface area contributed by atoms with E-state index < -0.39 is 0 Å². The summed E-state index contributed by atoms with van der Waals surface area (Å²) in [6, 6.07) is 11.4. The topological polar surface area (TPSA) is 40.6 Å². The number of nitrogens with zero attached hydrogens (tertiary/aromatic N) is 2. The van der Waals surface area contributed by atoms with Crippen LogP contribution in [0.4, 0.5) is 5.69 Å². The van der Waals surface area contributed by atoms with Crippen LogP contribution in [-0.4, -0.2) is 29.8 Å². The van der Waals surface area contributed by atoms with Gasteiger partial charge in [0.05, 0.1) is 11.3 Å². The predicted molar refractivity (Wildman–Crippen MR) is 109 cm³/mol. The highest BCUT2D eigenvalue weighted by atomic mass is 32.1. The van der Waals surface area contributed by atoms with Crippen molar-refractivity contribution in [3.05, 3.63) is 57.9 Å². The number of hydrogen-bond acceptors (Lipinski definition) is 4. The van der Waals surface area contributed by atoms with Crippen molar-refractivity contribution in [3.63, 3.8) is 0 Å². The molecular weight excluding hydrogens is 356 g/mol. The van der Waals surface area contributed by atoms with Gasteiger partial charge in [-0.3, -0.25) is 9.59 Å². The summed E-state index contributed by atoms with van der Waals surface area (Å²) in [5, 5.41) is 1.95. The second kappa shape index (κ2) is 6.97. The molecule has 1 fully saturated rings. The molecule has 3 heterocycles. The summed E-state index contributed by atoms with van der Waals surface area (Å²) >= 11 is 1.51. The van der Waals surface area contributed by atoms with Gasteiger partial charge in [-0.15, -0.1) is 11.3 Å². The van der Waals surface area contributed by atoms with Crippen LogP contribution in [0.3, 0.4) is 0 Å². The Kier molecular flexibility index (Phi) is 4.64. The highest BCUT2D eigenvalue weighted by molar-refractivity contribution is 7.11. The molecule has 2 amide bonds. The molecule has 0 bridgehead atoms. The standard InChI is InChI=1S/C22H24N2O2S/c1-14-6-4-7-17(11-14)24-21(25)19(18-8-5-9-27-18)20(22(24)26)23-12-15(2)10-16(3)13-23/h4-9,11,15-16H,10,12-13H2,1-3H3. The summed E-state index contributed by atoms with van der Waals surface area (Å²) in [6.07, 6.45) is 1.15. The Hall–Kier alpha value is -2.40. The van der Waals surface area contributed by atoms with E-state index in [0.29, 0.717) is 28.8 Å². The largest absolute Gasteiger partial charge is 0.366 e. The second-order valence-corrected chi connectivity index (χ2v) is 8.78. The lowest BCUT2D eigenvalue weighted by molar-refractivity contribution is -0.120. The van der Waals surface area contributed by atoms with Crippen LogP contribution in [0.1, 0.15) is 30.7 Å². The fraction of sp³-hybridized carbons (Fsp3) is 0.364. The average molecular weight is 381 g/mol. The number of imide groups is 1. The molecule has 1 saturated heterocycles. The van der Waals surface area contributed by atoms with Gasteiger partial charge in [-0.1, -0.05) is 32.0 Å². The molecule has 5 heteroatoms. The number of anilines is 1. The minimum Gasteiger partial charge on any atom is -0.366 e. The molecule has 1 aromatic heterocycles. The van der Waals surface area contributed by atoms with Crippen molar-refractivity contribution >= 4 is 34.4 Å². The maximum Gasteiger partial charge on any atom is 0.282 e. The SMILES string of the molecule is Cc1cccc(N2C(=O)C(c3cccs3)=C(N3CC(C)CC(C)C3)C2=O)c1. The number of rotatable bonds is 3. The van der Waals surface area contributed by atoms with Crippen LogP contribution >= 0.6 is 11.3 Å². The molecule has 2 unspecified atom stereocenters. The lowest BCUT2D eigenvalue weighted by atomic mass is 9.91. The van der Waals surface area contributed by atoms with Crippen LogP contribution in [-0.2, 0) is 9.59 Å². The minimum atomic E-state index is -0.214. The van der Waals surface area contributed by atoms with Crippen LogP contribution in [0.25, 0.3) is 5.57 Å². The van der Waals surface area contributed by atoms with E-state index in [1.807, 2.05) is 48.7 Å². The van der Waals surface area contributed by atoms with Gasteiger partial charge < -0.3 is 4.90 Å². The number of thiophene rings is 1. The molecule has 2 aliphatic rings. The number of carbonyl (C=O) groups excluding carboxylic acids is 2. The molecule has 0 radical (unpaired) electrons. The van der Waals surface area contributed by atoms with Crippen LogP contribution in [0, 0.1) is 18.8 Å². The van der Waals surface area contributed by atoms with Gasteiger partial charge >= 0.3 is 0 Å². The van der Waals surface area contributed by atoms with E-state index in [2.05, 4.69) is 18.7 Å². The van der Waals surface area contributed by atoms with E-state index in [4.69, 9.17) is 0 Å². The summed E-state index contributed by atoms with van der Waals surface area (Å²) in [5.41, 5.74) is 2.80. The highest BCUT2D eigenvalue weighted by Crippen LogP contribution is 2.38. The fourth-order valence-electron chi connectivity index (χ4n) is 4.30. The third-order valence-electron chi connectivity index (χ3n) is 5.27. The van der Waals surface area contributed by atoms with Crippen molar-refractivity contribution < 1.29 is 9.59 Å². The molecular formula is C22H24N2O2S. The maximum absolute atomic E-state index is 13.5. The molecule has 4 rings (SSSR count). The molecule has 2 aromatic rings. The lowest BCUT2D eigenvalue weighted by Gasteiger charge is -2.37. The van der Waals surface area contributed by atoms with Crippen molar-refractivity contribution in [1.82, 2.24) is 4.90 Å². The zero-order chi connectivity index (χ0) is 19.1. The Bertz CT molecular complexity index is 906. The number of aryl methyl sites for hydroxylation is 1. The van der Waals surface area contributed by atoms with Crippen molar-refractivity contribution in [1.29, 1.82) is 0 Å². The molecule has 27 heavy (non-hydrogen) atoms. The van der Waals surface area contributed by atoms with E-state index in [9.17, 15) is 9.59 Å². The third-order valence-corrected chi connectivity index (χ3v) is 6.16. The Labute approximate surface area is 164 Å².